The fraction of sp³-hybridized carbons (Fsp3) is 0.647. The van der Waals surface area contributed by atoms with Gasteiger partial charge in [-0.3, -0.25) is 0 Å². The molecule has 1 heterocycles. The zero-order valence-electron chi connectivity index (χ0n) is 12.6. The second-order valence-electron chi connectivity index (χ2n) is 5.81. The van der Waals surface area contributed by atoms with Gasteiger partial charge < -0.3 is 19.5 Å². The molecule has 21 heavy (non-hydrogen) atoms. The van der Waals surface area contributed by atoms with Crippen molar-refractivity contribution in [3.8, 4) is 11.5 Å². The Morgan fingerprint density at radius 2 is 2.05 bits per heavy atom. The predicted molar refractivity (Wildman–Crippen MR) is 81.7 cm³/mol. The summed E-state index contributed by atoms with van der Waals surface area (Å²) in [6.07, 6.45) is 8.13. The molecule has 1 aromatic rings. The van der Waals surface area contributed by atoms with Crippen molar-refractivity contribution in [1.29, 1.82) is 0 Å². The van der Waals surface area contributed by atoms with E-state index in [4.69, 9.17) is 14.2 Å². The van der Waals surface area contributed by atoms with Crippen LogP contribution in [0.25, 0.3) is 0 Å². The number of hydrogen-bond donors (Lipinski definition) is 1. The van der Waals surface area contributed by atoms with Crippen molar-refractivity contribution in [2.75, 3.05) is 19.9 Å². The molecule has 0 spiro atoms. The van der Waals surface area contributed by atoms with Gasteiger partial charge in [-0.1, -0.05) is 31.4 Å². The van der Waals surface area contributed by atoms with Gasteiger partial charge in [0.05, 0.1) is 6.10 Å². The SMILES string of the molecule is c1cc(CNCCCOC2CCCCC2)c2c(c1)OCO2. The Kier molecular flexibility index (Phi) is 5.35. The van der Waals surface area contributed by atoms with Gasteiger partial charge in [0.1, 0.15) is 0 Å². The maximum Gasteiger partial charge on any atom is 0.231 e. The fourth-order valence-corrected chi connectivity index (χ4v) is 3.03. The molecule has 116 valence electrons. The highest BCUT2D eigenvalue weighted by Gasteiger charge is 2.16. The van der Waals surface area contributed by atoms with Crippen LogP contribution in [0.5, 0.6) is 11.5 Å². The van der Waals surface area contributed by atoms with Gasteiger partial charge in [-0.05, 0) is 31.9 Å². The van der Waals surface area contributed by atoms with Gasteiger partial charge in [0.15, 0.2) is 11.5 Å². The first-order chi connectivity index (χ1) is 10.4. The van der Waals surface area contributed by atoms with E-state index in [9.17, 15) is 0 Å². The molecule has 0 aromatic heterocycles. The molecule has 3 rings (SSSR count). The summed E-state index contributed by atoms with van der Waals surface area (Å²) in [5.41, 5.74) is 1.16. The molecule has 1 aliphatic carbocycles. The topological polar surface area (TPSA) is 39.7 Å². The summed E-state index contributed by atoms with van der Waals surface area (Å²) in [6.45, 7) is 2.99. The lowest BCUT2D eigenvalue weighted by molar-refractivity contribution is 0.0273. The van der Waals surface area contributed by atoms with Gasteiger partial charge in [-0.25, -0.2) is 0 Å². The van der Waals surface area contributed by atoms with Crippen molar-refractivity contribution < 1.29 is 14.2 Å². The van der Waals surface area contributed by atoms with Gasteiger partial charge in [0.2, 0.25) is 6.79 Å². The van der Waals surface area contributed by atoms with Crippen LogP contribution in [0, 0.1) is 0 Å². The Morgan fingerprint density at radius 1 is 1.14 bits per heavy atom. The Labute approximate surface area is 126 Å². The average molecular weight is 291 g/mol. The van der Waals surface area contributed by atoms with Crippen molar-refractivity contribution in [3.63, 3.8) is 0 Å². The number of fused-ring (bicyclic) bond motifs is 1. The number of rotatable bonds is 7. The standard InChI is InChI=1S/C17H25NO3/c1-2-7-15(8-3-1)19-11-5-10-18-12-14-6-4-9-16-17(14)21-13-20-16/h4,6,9,15,18H,1-3,5,7-8,10-13H2. The van der Waals surface area contributed by atoms with Crippen LogP contribution in [0.1, 0.15) is 44.1 Å². The Morgan fingerprint density at radius 3 is 2.95 bits per heavy atom. The van der Waals surface area contributed by atoms with Crippen LogP contribution in [0.4, 0.5) is 0 Å². The van der Waals surface area contributed by atoms with E-state index < -0.39 is 0 Å². The summed E-state index contributed by atoms with van der Waals surface area (Å²) < 4.78 is 16.8. The summed E-state index contributed by atoms with van der Waals surface area (Å²) >= 11 is 0. The molecule has 2 aliphatic rings. The minimum absolute atomic E-state index is 0.335. The lowest BCUT2D eigenvalue weighted by Gasteiger charge is -2.21. The van der Waals surface area contributed by atoms with Gasteiger partial charge in [0.25, 0.3) is 0 Å². The lowest BCUT2D eigenvalue weighted by Crippen LogP contribution is -2.20. The van der Waals surface area contributed by atoms with E-state index in [0.717, 1.165) is 43.2 Å². The number of hydrogen-bond acceptors (Lipinski definition) is 4. The minimum Gasteiger partial charge on any atom is -0.454 e. The molecule has 1 fully saturated rings. The van der Waals surface area contributed by atoms with Crippen LogP contribution < -0.4 is 14.8 Å². The molecular formula is C17H25NO3. The zero-order chi connectivity index (χ0) is 14.3. The fourth-order valence-electron chi connectivity index (χ4n) is 3.03. The summed E-state index contributed by atoms with van der Waals surface area (Å²) in [7, 11) is 0. The lowest BCUT2D eigenvalue weighted by atomic mass is 9.98. The third kappa shape index (κ3) is 4.11. The highest BCUT2D eigenvalue weighted by molar-refractivity contribution is 5.48. The smallest absolute Gasteiger partial charge is 0.231 e. The zero-order valence-corrected chi connectivity index (χ0v) is 12.6. The number of ether oxygens (including phenoxy) is 3. The molecule has 1 N–H and O–H groups in total. The molecule has 0 radical (unpaired) electrons. The molecule has 4 heteroatoms. The van der Waals surface area contributed by atoms with Crippen LogP contribution in [0.15, 0.2) is 18.2 Å². The third-order valence-electron chi connectivity index (χ3n) is 4.20. The minimum atomic E-state index is 0.335. The normalized spacial score (nSPS) is 18.1. The first-order valence-corrected chi connectivity index (χ1v) is 8.13. The average Bonchev–Trinajstić information content (AvgIpc) is 3.01. The van der Waals surface area contributed by atoms with Crippen LogP contribution in [-0.4, -0.2) is 26.0 Å². The van der Waals surface area contributed by atoms with Crippen molar-refractivity contribution in [2.45, 2.75) is 51.2 Å². The van der Waals surface area contributed by atoms with Gasteiger partial charge in [0, 0.05) is 18.7 Å². The summed E-state index contributed by atoms with van der Waals surface area (Å²) in [5.74, 6) is 1.75. The van der Waals surface area contributed by atoms with Crippen LogP contribution >= 0.6 is 0 Å². The second-order valence-corrected chi connectivity index (χ2v) is 5.81. The summed E-state index contributed by atoms with van der Waals surface area (Å²) in [6, 6.07) is 6.04. The summed E-state index contributed by atoms with van der Waals surface area (Å²) in [4.78, 5) is 0. The predicted octanol–water partition coefficient (Wildman–Crippen LogP) is 3.24. The van der Waals surface area contributed by atoms with Crippen molar-refractivity contribution in [2.24, 2.45) is 0 Å². The molecular weight excluding hydrogens is 266 g/mol. The van der Waals surface area contributed by atoms with Gasteiger partial charge >= 0.3 is 0 Å². The van der Waals surface area contributed by atoms with E-state index in [0.29, 0.717) is 12.9 Å². The molecule has 0 amide bonds. The Bertz CT molecular complexity index is 444. The molecule has 0 unspecified atom stereocenters. The first-order valence-electron chi connectivity index (χ1n) is 8.13. The maximum atomic E-state index is 5.92. The highest BCUT2D eigenvalue weighted by Crippen LogP contribution is 2.35. The van der Waals surface area contributed by atoms with Crippen molar-refractivity contribution >= 4 is 0 Å². The number of benzene rings is 1. The molecule has 4 nitrogen and oxygen atoms in total. The van der Waals surface area contributed by atoms with E-state index >= 15 is 0 Å². The molecule has 1 aromatic carbocycles. The van der Waals surface area contributed by atoms with Gasteiger partial charge in [-0.2, -0.15) is 0 Å². The van der Waals surface area contributed by atoms with Crippen molar-refractivity contribution in [3.05, 3.63) is 23.8 Å². The molecule has 0 atom stereocenters. The van der Waals surface area contributed by atoms with Crippen LogP contribution in [0.2, 0.25) is 0 Å². The second kappa shape index (κ2) is 7.66. The molecule has 1 saturated carbocycles. The van der Waals surface area contributed by atoms with E-state index in [1.54, 1.807) is 0 Å². The van der Waals surface area contributed by atoms with E-state index in [1.807, 2.05) is 12.1 Å². The first kappa shape index (κ1) is 14.7. The molecule has 1 aliphatic heterocycles. The van der Waals surface area contributed by atoms with E-state index in [2.05, 4.69) is 11.4 Å². The molecule has 0 bridgehead atoms. The number of para-hydroxylation sites is 1. The Balaban J connectivity index is 1.31. The van der Waals surface area contributed by atoms with Gasteiger partial charge in [-0.15, -0.1) is 0 Å². The quantitative estimate of drug-likeness (QED) is 0.783. The summed E-state index contributed by atoms with van der Waals surface area (Å²) in [5, 5.41) is 3.45. The Hall–Kier alpha value is -1.26. The number of nitrogens with one attached hydrogen (secondary N) is 1. The van der Waals surface area contributed by atoms with Crippen LogP contribution in [-0.2, 0) is 11.3 Å². The van der Waals surface area contributed by atoms with E-state index in [1.165, 1.54) is 32.1 Å². The third-order valence-corrected chi connectivity index (χ3v) is 4.20. The van der Waals surface area contributed by atoms with Crippen LogP contribution in [0.3, 0.4) is 0 Å². The monoisotopic (exact) mass is 291 g/mol. The highest BCUT2D eigenvalue weighted by atomic mass is 16.7. The largest absolute Gasteiger partial charge is 0.454 e. The van der Waals surface area contributed by atoms with E-state index in [-0.39, 0.29) is 0 Å². The maximum absolute atomic E-state index is 5.92. The van der Waals surface area contributed by atoms with Crippen molar-refractivity contribution in [1.82, 2.24) is 5.32 Å². The molecule has 0 saturated heterocycles.